The number of hydrogen-bond acceptors (Lipinski definition) is 3. The van der Waals surface area contributed by atoms with E-state index in [1.54, 1.807) is 0 Å². The summed E-state index contributed by atoms with van der Waals surface area (Å²) >= 11 is 0. The Kier molecular flexibility index (Phi) is 7.47. The van der Waals surface area contributed by atoms with Crippen molar-refractivity contribution in [3.05, 3.63) is 24.3 Å². The smallest absolute Gasteiger partial charge is 0.174 e. The second-order valence-corrected chi connectivity index (χ2v) is 4.31. The summed E-state index contributed by atoms with van der Waals surface area (Å²) in [6, 6.07) is 9.69. The van der Waals surface area contributed by atoms with Gasteiger partial charge in [0.1, 0.15) is 11.8 Å². The fourth-order valence-electron chi connectivity index (χ4n) is 1.75. The molecule has 0 fully saturated rings. The standard InChI is InChI=1S/C15H22N2O/c1-2-3-4-5-6-12-17-14-7-9-15(10-8-14)18-13-11-16/h7-10,17H,2-6,12-13H2,1H3. The second-order valence-electron chi connectivity index (χ2n) is 4.31. The van der Waals surface area contributed by atoms with Crippen LogP contribution < -0.4 is 10.1 Å². The topological polar surface area (TPSA) is 45.0 Å². The summed E-state index contributed by atoms with van der Waals surface area (Å²) in [5.74, 6) is 0.741. The Morgan fingerprint density at radius 2 is 1.83 bits per heavy atom. The lowest BCUT2D eigenvalue weighted by Gasteiger charge is -2.07. The highest BCUT2D eigenvalue weighted by Gasteiger charge is 1.95. The highest BCUT2D eigenvalue weighted by Crippen LogP contribution is 2.15. The Hall–Kier alpha value is -1.69. The van der Waals surface area contributed by atoms with Gasteiger partial charge in [0.25, 0.3) is 0 Å². The average molecular weight is 246 g/mol. The molecule has 0 bridgehead atoms. The van der Waals surface area contributed by atoms with Gasteiger partial charge in [-0.1, -0.05) is 32.6 Å². The highest BCUT2D eigenvalue weighted by molar-refractivity contribution is 5.46. The molecule has 1 aromatic carbocycles. The lowest BCUT2D eigenvalue weighted by molar-refractivity contribution is 0.368. The largest absolute Gasteiger partial charge is 0.479 e. The van der Waals surface area contributed by atoms with Gasteiger partial charge >= 0.3 is 0 Å². The monoisotopic (exact) mass is 246 g/mol. The normalized spacial score (nSPS) is 9.78. The second kappa shape index (κ2) is 9.35. The molecule has 1 rings (SSSR count). The van der Waals surface area contributed by atoms with Crippen LogP contribution in [0, 0.1) is 11.3 Å². The number of hydrogen-bond donors (Lipinski definition) is 1. The van der Waals surface area contributed by atoms with Crippen LogP contribution in [-0.4, -0.2) is 13.2 Å². The molecule has 1 N–H and O–H groups in total. The first kappa shape index (κ1) is 14.4. The van der Waals surface area contributed by atoms with Crippen molar-refractivity contribution in [1.29, 1.82) is 5.26 Å². The van der Waals surface area contributed by atoms with Crippen molar-refractivity contribution in [3.8, 4) is 11.8 Å². The number of unbranched alkanes of at least 4 members (excludes halogenated alkanes) is 4. The average Bonchev–Trinajstić information content (AvgIpc) is 2.42. The minimum Gasteiger partial charge on any atom is -0.479 e. The van der Waals surface area contributed by atoms with Gasteiger partial charge in [-0.15, -0.1) is 0 Å². The number of nitriles is 1. The molecule has 0 aliphatic carbocycles. The third-order valence-electron chi connectivity index (χ3n) is 2.77. The molecule has 3 heteroatoms. The molecular formula is C15H22N2O. The summed E-state index contributed by atoms with van der Waals surface area (Å²) in [5.41, 5.74) is 1.11. The summed E-state index contributed by atoms with van der Waals surface area (Å²) in [4.78, 5) is 0. The quantitative estimate of drug-likeness (QED) is 0.670. The molecule has 0 unspecified atom stereocenters. The van der Waals surface area contributed by atoms with E-state index in [2.05, 4.69) is 12.2 Å². The number of rotatable bonds is 9. The first-order chi connectivity index (χ1) is 8.86. The Morgan fingerprint density at radius 1 is 1.11 bits per heavy atom. The first-order valence-corrected chi connectivity index (χ1v) is 6.70. The van der Waals surface area contributed by atoms with E-state index in [4.69, 9.17) is 10.00 Å². The van der Waals surface area contributed by atoms with Gasteiger partial charge in [-0.25, -0.2) is 0 Å². The molecule has 0 saturated carbocycles. The van der Waals surface area contributed by atoms with Gasteiger partial charge in [0.15, 0.2) is 6.61 Å². The molecule has 0 heterocycles. The zero-order valence-electron chi connectivity index (χ0n) is 11.1. The Labute approximate surface area is 110 Å². The van der Waals surface area contributed by atoms with Gasteiger partial charge in [-0.3, -0.25) is 0 Å². The summed E-state index contributed by atoms with van der Waals surface area (Å²) < 4.78 is 5.19. The van der Waals surface area contributed by atoms with E-state index in [1.165, 1.54) is 32.1 Å². The van der Waals surface area contributed by atoms with Crippen molar-refractivity contribution in [2.45, 2.75) is 39.0 Å². The lowest BCUT2D eigenvalue weighted by atomic mass is 10.1. The van der Waals surface area contributed by atoms with Crippen LogP contribution in [0.25, 0.3) is 0 Å². The number of nitrogens with one attached hydrogen (secondary N) is 1. The molecular weight excluding hydrogens is 224 g/mol. The van der Waals surface area contributed by atoms with E-state index in [9.17, 15) is 0 Å². The van der Waals surface area contributed by atoms with E-state index < -0.39 is 0 Å². The Morgan fingerprint density at radius 3 is 2.50 bits per heavy atom. The molecule has 98 valence electrons. The maximum Gasteiger partial charge on any atom is 0.174 e. The fourth-order valence-corrected chi connectivity index (χ4v) is 1.75. The summed E-state index contributed by atoms with van der Waals surface area (Å²) in [7, 11) is 0. The SMILES string of the molecule is CCCCCCCNc1ccc(OCC#N)cc1. The molecule has 0 amide bonds. The predicted molar refractivity (Wildman–Crippen MR) is 74.8 cm³/mol. The molecule has 0 atom stereocenters. The number of ether oxygens (including phenoxy) is 1. The summed E-state index contributed by atoms with van der Waals surface area (Å²) in [6.45, 7) is 3.35. The Bertz CT molecular complexity index is 354. The van der Waals surface area contributed by atoms with E-state index in [1.807, 2.05) is 30.3 Å². The van der Waals surface area contributed by atoms with Gasteiger partial charge in [0.05, 0.1) is 0 Å². The number of anilines is 1. The van der Waals surface area contributed by atoms with Crippen molar-refractivity contribution in [3.63, 3.8) is 0 Å². The van der Waals surface area contributed by atoms with Crippen molar-refractivity contribution in [1.82, 2.24) is 0 Å². The molecule has 0 spiro atoms. The Balaban J connectivity index is 2.17. The van der Waals surface area contributed by atoms with Crippen molar-refractivity contribution >= 4 is 5.69 Å². The van der Waals surface area contributed by atoms with E-state index >= 15 is 0 Å². The maximum absolute atomic E-state index is 8.40. The molecule has 0 saturated heterocycles. The molecule has 18 heavy (non-hydrogen) atoms. The van der Waals surface area contributed by atoms with E-state index in [0.717, 1.165) is 18.0 Å². The third kappa shape index (κ3) is 6.15. The number of benzene rings is 1. The summed E-state index contributed by atoms with van der Waals surface area (Å²) in [6.07, 6.45) is 6.47. The minimum atomic E-state index is 0.101. The van der Waals surface area contributed by atoms with Crippen LogP contribution in [0.3, 0.4) is 0 Å². The third-order valence-corrected chi connectivity index (χ3v) is 2.77. The van der Waals surface area contributed by atoms with Crippen LogP contribution in [0.2, 0.25) is 0 Å². The zero-order chi connectivity index (χ0) is 13.1. The minimum absolute atomic E-state index is 0.101. The van der Waals surface area contributed by atoms with Gasteiger partial charge in [-0.2, -0.15) is 5.26 Å². The highest BCUT2D eigenvalue weighted by atomic mass is 16.5. The van der Waals surface area contributed by atoms with Crippen molar-refractivity contribution < 1.29 is 4.74 Å². The lowest BCUT2D eigenvalue weighted by Crippen LogP contribution is -2.01. The van der Waals surface area contributed by atoms with Crippen molar-refractivity contribution in [2.24, 2.45) is 0 Å². The number of nitrogens with zero attached hydrogens (tertiary/aromatic N) is 1. The predicted octanol–water partition coefficient (Wildman–Crippen LogP) is 3.97. The van der Waals surface area contributed by atoms with Crippen LogP contribution in [0.15, 0.2) is 24.3 Å². The van der Waals surface area contributed by atoms with Gasteiger partial charge in [-0.05, 0) is 30.7 Å². The van der Waals surface area contributed by atoms with E-state index in [-0.39, 0.29) is 6.61 Å². The zero-order valence-corrected chi connectivity index (χ0v) is 11.1. The van der Waals surface area contributed by atoms with Crippen LogP contribution in [-0.2, 0) is 0 Å². The first-order valence-electron chi connectivity index (χ1n) is 6.70. The molecule has 1 aromatic rings. The molecule has 0 aliphatic heterocycles. The van der Waals surface area contributed by atoms with Crippen molar-refractivity contribution in [2.75, 3.05) is 18.5 Å². The maximum atomic E-state index is 8.40. The summed E-state index contributed by atoms with van der Waals surface area (Å²) in [5, 5.41) is 11.8. The van der Waals surface area contributed by atoms with Gasteiger partial charge < -0.3 is 10.1 Å². The van der Waals surface area contributed by atoms with Crippen LogP contribution in [0.5, 0.6) is 5.75 Å². The van der Waals surface area contributed by atoms with Crippen LogP contribution in [0.1, 0.15) is 39.0 Å². The van der Waals surface area contributed by atoms with Gasteiger partial charge in [0.2, 0.25) is 0 Å². The van der Waals surface area contributed by atoms with Crippen LogP contribution >= 0.6 is 0 Å². The fraction of sp³-hybridized carbons (Fsp3) is 0.533. The van der Waals surface area contributed by atoms with Gasteiger partial charge in [0, 0.05) is 12.2 Å². The molecule has 3 nitrogen and oxygen atoms in total. The molecule has 0 aromatic heterocycles. The van der Waals surface area contributed by atoms with Crippen LogP contribution in [0.4, 0.5) is 5.69 Å². The molecule has 0 radical (unpaired) electrons. The van der Waals surface area contributed by atoms with E-state index in [0.29, 0.717) is 0 Å². The molecule has 0 aliphatic rings.